The van der Waals surface area contributed by atoms with Crippen LogP contribution in [0.2, 0.25) is 0 Å². The van der Waals surface area contributed by atoms with Crippen LogP contribution in [0.15, 0.2) is 48.1 Å². The molecule has 2 aliphatic rings. The standard InChI is InChI=1S/C20H24N2O2/c1-15(2)10-12-20(13-11-16-7-4-3-5-8-16)19(24)22-14-6-9-17(22)18(23)21-20/h3-5,7-8,10-11,13,17H,6,9,12,14H2,1-2H3,(H,21,23)/b13-11+/t17-,20+/m0/s1. The highest BCUT2D eigenvalue weighted by atomic mass is 16.2. The first-order valence-corrected chi connectivity index (χ1v) is 8.53. The lowest BCUT2D eigenvalue weighted by Crippen LogP contribution is -2.67. The van der Waals surface area contributed by atoms with Gasteiger partial charge in [0.2, 0.25) is 5.91 Å². The van der Waals surface area contributed by atoms with Gasteiger partial charge < -0.3 is 10.2 Å². The Kier molecular flexibility index (Phi) is 4.56. The summed E-state index contributed by atoms with van der Waals surface area (Å²) < 4.78 is 0. The van der Waals surface area contributed by atoms with Crippen molar-refractivity contribution >= 4 is 17.9 Å². The fourth-order valence-electron chi connectivity index (χ4n) is 3.38. The average molecular weight is 324 g/mol. The lowest BCUT2D eigenvalue weighted by Gasteiger charge is -2.41. The second-order valence-corrected chi connectivity index (χ2v) is 6.85. The monoisotopic (exact) mass is 324 g/mol. The highest BCUT2D eigenvalue weighted by Crippen LogP contribution is 2.30. The number of piperazine rings is 1. The van der Waals surface area contributed by atoms with E-state index in [9.17, 15) is 9.59 Å². The van der Waals surface area contributed by atoms with Gasteiger partial charge in [-0.1, -0.05) is 48.1 Å². The van der Waals surface area contributed by atoms with Crippen LogP contribution in [0.5, 0.6) is 0 Å². The molecule has 2 heterocycles. The molecule has 24 heavy (non-hydrogen) atoms. The molecule has 4 nitrogen and oxygen atoms in total. The van der Waals surface area contributed by atoms with Gasteiger partial charge in [-0.05, 0) is 38.3 Å². The van der Waals surface area contributed by atoms with Crippen LogP contribution in [0.3, 0.4) is 0 Å². The minimum absolute atomic E-state index is 0.00859. The summed E-state index contributed by atoms with van der Waals surface area (Å²) in [5.41, 5.74) is 1.16. The summed E-state index contributed by atoms with van der Waals surface area (Å²) >= 11 is 0. The Morgan fingerprint density at radius 1 is 1.29 bits per heavy atom. The number of carbonyl (C=O) groups is 2. The second kappa shape index (κ2) is 6.63. The molecule has 1 aromatic carbocycles. The van der Waals surface area contributed by atoms with Gasteiger partial charge in [-0.25, -0.2) is 0 Å². The van der Waals surface area contributed by atoms with Gasteiger partial charge in [0.25, 0.3) is 5.91 Å². The van der Waals surface area contributed by atoms with Crippen molar-refractivity contribution in [3.8, 4) is 0 Å². The number of fused-ring (bicyclic) bond motifs is 1. The van der Waals surface area contributed by atoms with Crippen molar-refractivity contribution in [2.24, 2.45) is 0 Å². The van der Waals surface area contributed by atoms with Gasteiger partial charge in [0, 0.05) is 13.0 Å². The first-order chi connectivity index (χ1) is 11.5. The molecule has 2 saturated heterocycles. The Hall–Kier alpha value is -2.36. The molecule has 1 N–H and O–H groups in total. The highest BCUT2D eigenvalue weighted by Gasteiger charge is 2.50. The molecule has 0 unspecified atom stereocenters. The van der Waals surface area contributed by atoms with Crippen molar-refractivity contribution in [2.45, 2.75) is 44.7 Å². The molecular formula is C20H24N2O2. The molecule has 4 heteroatoms. The summed E-state index contributed by atoms with van der Waals surface area (Å²) in [6, 6.07) is 9.55. The molecule has 2 amide bonds. The number of benzene rings is 1. The molecule has 1 aromatic rings. The van der Waals surface area contributed by atoms with E-state index in [2.05, 4.69) is 5.32 Å². The molecule has 0 radical (unpaired) electrons. The lowest BCUT2D eigenvalue weighted by molar-refractivity contribution is -0.150. The number of allylic oxidation sites excluding steroid dienone is 1. The van der Waals surface area contributed by atoms with Gasteiger partial charge in [-0.2, -0.15) is 0 Å². The van der Waals surface area contributed by atoms with Crippen molar-refractivity contribution < 1.29 is 9.59 Å². The van der Waals surface area contributed by atoms with Crippen molar-refractivity contribution in [1.82, 2.24) is 10.2 Å². The minimum atomic E-state index is -0.981. The van der Waals surface area contributed by atoms with Crippen LogP contribution in [-0.4, -0.2) is 34.8 Å². The van der Waals surface area contributed by atoms with Crippen LogP contribution in [-0.2, 0) is 9.59 Å². The second-order valence-electron chi connectivity index (χ2n) is 6.85. The molecule has 0 spiro atoms. The van der Waals surface area contributed by atoms with Crippen LogP contribution in [0.4, 0.5) is 0 Å². The summed E-state index contributed by atoms with van der Waals surface area (Å²) in [6.45, 7) is 4.68. The Bertz CT molecular complexity index is 689. The summed E-state index contributed by atoms with van der Waals surface area (Å²) in [4.78, 5) is 27.4. The molecule has 126 valence electrons. The third-order valence-electron chi connectivity index (χ3n) is 4.74. The zero-order valence-corrected chi connectivity index (χ0v) is 14.3. The van der Waals surface area contributed by atoms with Gasteiger partial charge >= 0.3 is 0 Å². The van der Waals surface area contributed by atoms with Gasteiger partial charge in [0.05, 0.1) is 0 Å². The Morgan fingerprint density at radius 3 is 2.75 bits per heavy atom. The molecule has 2 fully saturated rings. The first-order valence-electron chi connectivity index (χ1n) is 8.53. The van der Waals surface area contributed by atoms with Gasteiger partial charge in [0.15, 0.2) is 0 Å². The Balaban J connectivity index is 1.96. The molecular weight excluding hydrogens is 300 g/mol. The average Bonchev–Trinajstić information content (AvgIpc) is 3.07. The number of nitrogens with zero attached hydrogens (tertiary/aromatic N) is 1. The van der Waals surface area contributed by atoms with Crippen LogP contribution < -0.4 is 5.32 Å². The van der Waals surface area contributed by atoms with Crippen LogP contribution in [0.1, 0.15) is 38.7 Å². The number of rotatable bonds is 4. The van der Waals surface area contributed by atoms with Crippen molar-refractivity contribution in [1.29, 1.82) is 0 Å². The maximum Gasteiger partial charge on any atom is 0.253 e. The zero-order valence-electron chi connectivity index (χ0n) is 14.3. The van der Waals surface area contributed by atoms with E-state index in [0.29, 0.717) is 13.0 Å². The predicted molar refractivity (Wildman–Crippen MR) is 95.1 cm³/mol. The summed E-state index contributed by atoms with van der Waals surface area (Å²) in [5.74, 6) is -0.0266. The lowest BCUT2D eigenvalue weighted by atomic mass is 9.87. The largest absolute Gasteiger partial charge is 0.336 e. The summed E-state index contributed by atoms with van der Waals surface area (Å²) in [7, 11) is 0. The maximum absolute atomic E-state index is 13.1. The van der Waals surface area contributed by atoms with E-state index in [0.717, 1.165) is 24.0 Å². The minimum Gasteiger partial charge on any atom is -0.336 e. The van der Waals surface area contributed by atoms with Crippen molar-refractivity contribution in [2.75, 3.05) is 6.54 Å². The quantitative estimate of drug-likeness (QED) is 0.866. The molecule has 3 rings (SSSR count). The number of hydrogen-bond acceptors (Lipinski definition) is 2. The molecule has 2 atom stereocenters. The molecule has 0 saturated carbocycles. The maximum atomic E-state index is 13.1. The normalized spacial score (nSPS) is 26.4. The number of hydrogen-bond donors (Lipinski definition) is 1. The number of amides is 2. The Morgan fingerprint density at radius 2 is 2.04 bits per heavy atom. The Labute approximate surface area is 143 Å². The zero-order chi connectivity index (χ0) is 17.2. The van der Waals surface area contributed by atoms with E-state index in [4.69, 9.17) is 0 Å². The molecule has 2 aliphatic heterocycles. The summed E-state index contributed by atoms with van der Waals surface area (Å²) in [5, 5.41) is 3.02. The van der Waals surface area contributed by atoms with Gasteiger partial charge in [-0.3, -0.25) is 9.59 Å². The van der Waals surface area contributed by atoms with Crippen LogP contribution in [0.25, 0.3) is 6.08 Å². The highest BCUT2D eigenvalue weighted by molar-refractivity contribution is 6.02. The number of carbonyl (C=O) groups excluding carboxylic acids is 2. The predicted octanol–water partition coefficient (Wildman–Crippen LogP) is 2.92. The van der Waals surface area contributed by atoms with Crippen LogP contribution in [0, 0.1) is 0 Å². The summed E-state index contributed by atoms with van der Waals surface area (Å²) in [6.07, 6.45) is 7.93. The van der Waals surface area contributed by atoms with E-state index in [1.165, 1.54) is 0 Å². The van der Waals surface area contributed by atoms with E-state index < -0.39 is 5.54 Å². The third kappa shape index (κ3) is 3.14. The SMILES string of the molecule is CC(C)=CC[C@]1(/C=C/c2ccccc2)NC(=O)[C@@H]2CCCN2C1=O. The van der Waals surface area contributed by atoms with Gasteiger partial charge in [0.1, 0.15) is 11.6 Å². The van der Waals surface area contributed by atoms with Crippen LogP contribution >= 0.6 is 0 Å². The third-order valence-corrected chi connectivity index (χ3v) is 4.74. The number of nitrogens with one attached hydrogen (secondary N) is 1. The van der Waals surface area contributed by atoms with E-state index in [1.54, 1.807) is 4.90 Å². The topological polar surface area (TPSA) is 49.4 Å². The van der Waals surface area contributed by atoms with Crippen molar-refractivity contribution in [3.05, 3.63) is 53.6 Å². The van der Waals surface area contributed by atoms with E-state index in [-0.39, 0.29) is 17.9 Å². The smallest absolute Gasteiger partial charge is 0.253 e. The van der Waals surface area contributed by atoms with Crippen molar-refractivity contribution in [3.63, 3.8) is 0 Å². The fourth-order valence-corrected chi connectivity index (χ4v) is 3.38. The fraction of sp³-hybridized carbons (Fsp3) is 0.400. The molecule has 0 aliphatic carbocycles. The van der Waals surface area contributed by atoms with Gasteiger partial charge in [-0.15, -0.1) is 0 Å². The molecule has 0 aromatic heterocycles. The first kappa shape index (κ1) is 16.5. The molecule has 0 bridgehead atoms. The van der Waals surface area contributed by atoms with E-state index in [1.807, 2.05) is 62.4 Å². The van der Waals surface area contributed by atoms with E-state index >= 15 is 0 Å².